The van der Waals surface area contributed by atoms with E-state index in [0.29, 0.717) is 23.0 Å². The molecule has 3 heterocycles. The monoisotopic (exact) mass is 573 g/mol. The average molecular weight is 574 g/mol. The highest BCUT2D eigenvalue weighted by atomic mass is 32.2. The quantitative estimate of drug-likeness (QED) is 0.338. The van der Waals surface area contributed by atoms with Crippen molar-refractivity contribution in [2.24, 2.45) is 0 Å². The Bertz CT molecular complexity index is 1620. The van der Waals surface area contributed by atoms with E-state index < -0.39 is 21.8 Å². The molecule has 2 aromatic heterocycles. The minimum Gasteiger partial charge on any atom is -0.369 e. The molecular weight excluding hydrogens is 543 g/mol. The van der Waals surface area contributed by atoms with E-state index in [-0.39, 0.29) is 17.8 Å². The van der Waals surface area contributed by atoms with Gasteiger partial charge >= 0.3 is 6.18 Å². The summed E-state index contributed by atoms with van der Waals surface area (Å²) in [5.74, 6) is 0.327. The van der Waals surface area contributed by atoms with Crippen molar-refractivity contribution in [3.05, 3.63) is 72.1 Å². The summed E-state index contributed by atoms with van der Waals surface area (Å²) in [5, 5.41) is 7.32. The molecule has 0 unspecified atom stereocenters. The Morgan fingerprint density at radius 1 is 1.15 bits per heavy atom. The van der Waals surface area contributed by atoms with Crippen molar-refractivity contribution in [1.29, 1.82) is 0 Å². The summed E-state index contributed by atoms with van der Waals surface area (Å²) in [5.41, 5.74) is 1.89. The van der Waals surface area contributed by atoms with E-state index in [4.69, 9.17) is 0 Å². The largest absolute Gasteiger partial charge is 0.416 e. The summed E-state index contributed by atoms with van der Waals surface area (Å²) in [6.07, 6.45) is -0.251. The molecule has 1 fully saturated rings. The number of rotatable bonds is 7. The second kappa shape index (κ2) is 10.6. The van der Waals surface area contributed by atoms with Gasteiger partial charge in [0.05, 0.1) is 24.1 Å². The average Bonchev–Trinajstić information content (AvgIpc) is 3.29. The van der Waals surface area contributed by atoms with E-state index in [1.807, 2.05) is 24.3 Å². The van der Waals surface area contributed by atoms with Crippen LogP contribution in [-0.4, -0.2) is 61.9 Å². The lowest BCUT2D eigenvalue weighted by molar-refractivity contribution is -0.137. The van der Waals surface area contributed by atoms with Gasteiger partial charge in [0.15, 0.2) is 0 Å². The number of benzene rings is 2. The molecule has 2 aromatic carbocycles. The van der Waals surface area contributed by atoms with Crippen molar-refractivity contribution in [2.75, 3.05) is 47.5 Å². The lowest BCUT2D eigenvalue weighted by atomic mass is 10.1. The van der Waals surface area contributed by atoms with Gasteiger partial charge in [-0.05, 0) is 61.0 Å². The van der Waals surface area contributed by atoms with Crippen LogP contribution in [0.3, 0.4) is 0 Å². The van der Waals surface area contributed by atoms with Gasteiger partial charge in [-0.1, -0.05) is 0 Å². The zero-order valence-electron chi connectivity index (χ0n) is 22.3. The van der Waals surface area contributed by atoms with Crippen molar-refractivity contribution >= 4 is 44.1 Å². The van der Waals surface area contributed by atoms with Gasteiger partial charge in [0.25, 0.3) is 0 Å². The topological polar surface area (TPSA) is 95.4 Å². The first-order valence-electron chi connectivity index (χ1n) is 12.7. The van der Waals surface area contributed by atoms with Crippen molar-refractivity contribution in [1.82, 2.24) is 19.9 Å². The van der Waals surface area contributed by atoms with E-state index in [1.54, 1.807) is 23.0 Å². The van der Waals surface area contributed by atoms with Gasteiger partial charge < -0.3 is 20.1 Å². The first kappa shape index (κ1) is 27.7. The predicted molar refractivity (Wildman–Crippen MR) is 151 cm³/mol. The number of fused-ring (bicyclic) bond motifs is 1. The van der Waals surface area contributed by atoms with E-state index in [1.165, 1.54) is 13.1 Å². The second-order valence-electron chi connectivity index (χ2n) is 9.96. The molecule has 1 saturated heterocycles. The molecule has 0 aliphatic carbocycles. The number of alkyl halides is 3. The zero-order valence-corrected chi connectivity index (χ0v) is 23.1. The number of nitrogens with one attached hydrogen (secondary N) is 2. The van der Waals surface area contributed by atoms with Gasteiger partial charge in [-0.2, -0.15) is 18.2 Å². The summed E-state index contributed by atoms with van der Waals surface area (Å²) in [7, 11) is -2.39. The van der Waals surface area contributed by atoms with Crippen LogP contribution < -0.4 is 19.8 Å². The molecule has 1 atom stereocenters. The summed E-state index contributed by atoms with van der Waals surface area (Å²) >= 11 is 0. The molecule has 1 aliphatic heterocycles. The van der Waals surface area contributed by atoms with Crippen molar-refractivity contribution in [3.63, 3.8) is 0 Å². The maximum Gasteiger partial charge on any atom is 0.416 e. The minimum atomic E-state index is -4.58. The van der Waals surface area contributed by atoms with Crippen LogP contribution in [0.15, 0.2) is 60.9 Å². The SMILES string of the molecule is C[C@@H]1CN(c2ccc(Nc3ncc4ccn(Cc5cc(C(F)(F)F)ccc5N(C)S(C)(=O)=O)c4n3)cc2)CCN1. The number of piperazine rings is 1. The zero-order chi connectivity index (χ0) is 28.7. The maximum absolute atomic E-state index is 13.5. The molecule has 13 heteroatoms. The lowest BCUT2D eigenvalue weighted by Crippen LogP contribution is -2.49. The summed E-state index contributed by atoms with van der Waals surface area (Å²) in [6, 6.07) is 13.2. The van der Waals surface area contributed by atoms with E-state index >= 15 is 0 Å². The third-order valence-electron chi connectivity index (χ3n) is 6.94. The highest BCUT2D eigenvalue weighted by molar-refractivity contribution is 7.92. The van der Waals surface area contributed by atoms with Gasteiger partial charge in [0.1, 0.15) is 5.65 Å². The van der Waals surface area contributed by atoms with Crippen LogP contribution in [0.5, 0.6) is 0 Å². The second-order valence-corrected chi connectivity index (χ2v) is 12.0. The van der Waals surface area contributed by atoms with Crippen LogP contribution >= 0.6 is 0 Å². The van der Waals surface area contributed by atoms with Gasteiger partial charge in [-0.3, -0.25) is 4.31 Å². The molecule has 0 radical (unpaired) electrons. The Balaban J connectivity index is 1.42. The Morgan fingerprint density at radius 2 is 1.90 bits per heavy atom. The highest BCUT2D eigenvalue weighted by Crippen LogP contribution is 2.34. The number of hydrogen-bond acceptors (Lipinski definition) is 7. The van der Waals surface area contributed by atoms with Gasteiger partial charge in [0, 0.05) is 61.9 Å². The predicted octanol–water partition coefficient (Wildman–Crippen LogP) is 4.44. The molecule has 5 rings (SSSR count). The lowest BCUT2D eigenvalue weighted by Gasteiger charge is -2.33. The molecule has 0 saturated carbocycles. The van der Waals surface area contributed by atoms with Crippen LogP contribution in [0, 0.1) is 0 Å². The molecule has 0 amide bonds. The van der Waals surface area contributed by atoms with Crippen molar-refractivity contribution in [3.8, 4) is 0 Å². The number of nitrogens with zero attached hydrogens (tertiary/aromatic N) is 5. The summed E-state index contributed by atoms with van der Waals surface area (Å²) in [4.78, 5) is 11.3. The molecule has 2 N–H and O–H groups in total. The van der Waals surface area contributed by atoms with E-state index in [9.17, 15) is 21.6 Å². The van der Waals surface area contributed by atoms with E-state index in [0.717, 1.165) is 53.7 Å². The van der Waals surface area contributed by atoms with Crippen molar-refractivity contribution in [2.45, 2.75) is 25.7 Å². The molecule has 4 aromatic rings. The van der Waals surface area contributed by atoms with Crippen LogP contribution in [0.4, 0.5) is 36.2 Å². The van der Waals surface area contributed by atoms with E-state index in [2.05, 4.69) is 32.4 Å². The van der Waals surface area contributed by atoms with Gasteiger partial charge in [-0.15, -0.1) is 0 Å². The normalized spacial score (nSPS) is 16.4. The first-order valence-corrected chi connectivity index (χ1v) is 14.5. The Kier molecular flexibility index (Phi) is 7.36. The summed E-state index contributed by atoms with van der Waals surface area (Å²) in [6.45, 7) is 4.92. The fourth-order valence-corrected chi connectivity index (χ4v) is 5.30. The molecule has 9 nitrogen and oxygen atoms in total. The standard InChI is InChI=1S/C27H30F3N7O2S/c1-18-16-36(13-11-31-18)23-7-5-22(6-8-23)33-26-32-15-19-10-12-37(25(19)34-26)17-20-14-21(27(28,29)30)4-9-24(20)35(2)40(3,38)39/h4-10,12,14-15,18,31H,11,13,16-17H2,1-3H3,(H,32,33,34)/t18-/m1/s1. The Hall–Kier alpha value is -3.84. The fourth-order valence-electron chi connectivity index (χ4n) is 4.77. The number of anilines is 4. The molecule has 40 heavy (non-hydrogen) atoms. The first-order chi connectivity index (χ1) is 18.9. The van der Waals surface area contributed by atoms with Crippen molar-refractivity contribution < 1.29 is 21.6 Å². The number of halogens is 3. The smallest absolute Gasteiger partial charge is 0.369 e. The highest BCUT2D eigenvalue weighted by Gasteiger charge is 2.32. The van der Waals surface area contributed by atoms with Crippen LogP contribution in [0.1, 0.15) is 18.1 Å². The minimum absolute atomic E-state index is 0.0309. The molecular formula is C27H30F3N7O2S. The maximum atomic E-state index is 13.5. The van der Waals surface area contributed by atoms with Gasteiger partial charge in [0.2, 0.25) is 16.0 Å². The number of aromatic nitrogens is 3. The molecule has 0 bridgehead atoms. The van der Waals surface area contributed by atoms with Crippen LogP contribution in [-0.2, 0) is 22.7 Å². The van der Waals surface area contributed by atoms with Gasteiger partial charge in [-0.25, -0.2) is 13.4 Å². The fraction of sp³-hybridized carbons (Fsp3) is 0.333. The summed E-state index contributed by atoms with van der Waals surface area (Å²) < 4.78 is 67.5. The van der Waals surface area contributed by atoms with Crippen LogP contribution in [0.2, 0.25) is 0 Å². The third kappa shape index (κ3) is 5.99. The Morgan fingerprint density at radius 3 is 2.58 bits per heavy atom. The number of hydrogen-bond donors (Lipinski definition) is 2. The number of sulfonamides is 1. The third-order valence-corrected chi connectivity index (χ3v) is 8.14. The molecule has 212 valence electrons. The van der Waals surface area contributed by atoms with Crippen LogP contribution in [0.25, 0.3) is 11.0 Å². The molecule has 0 spiro atoms. The molecule has 1 aliphatic rings. The Labute approximate surface area is 230 Å².